The maximum Gasteiger partial charge on any atom is 0.257 e. The Morgan fingerprint density at radius 1 is 1.17 bits per heavy atom. The number of hydrogen-bond donors (Lipinski definition) is 1. The van der Waals surface area contributed by atoms with Gasteiger partial charge in [0, 0.05) is 11.6 Å². The van der Waals surface area contributed by atoms with Crippen LogP contribution in [-0.4, -0.2) is 39.4 Å². The summed E-state index contributed by atoms with van der Waals surface area (Å²) in [6.45, 7) is 0. The fourth-order valence-corrected chi connectivity index (χ4v) is 3.78. The number of hydrogen-bond acceptors (Lipinski definition) is 6. The Bertz CT molecular complexity index is 1080. The van der Waals surface area contributed by atoms with Crippen molar-refractivity contribution in [2.45, 2.75) is 24.0 Å². The topological polar surface area (TPSA) is 86.1 Å². The van der Waals surface area contributed by atoms with Crippen LogP contribution in [0.5, 0.6) is 5.75 Å². The summed E-state index contributed by atoms with van der Waals surface area (Å²) in [6.07, 6.45) is 1.91. The summed E-state index contributed by atoms with van der Waals surface area (Å²) >= 11 is 1.17. The van der Waals surface area contributed by atoms with E-state index in [1.807, 2.05) is 4.57 Å². The van der Waals surface area contributed by atoms with Crippen LogP contribution < -0.4 is 10.1 Å². The standard InChI is InChI=1S/C21H19FN4O3S/c1-29-15-10-6-13(7-11-15)20(28)23-18(27)12-30-21-25-24-19(26(21)14-8-9-14)16-4-2-3-5-17(16)22/h2-7,10-11,14H,8-9,12H2,1H3,(H,23,27,28). The molecule has 0 aliphatic heterocycles. The number of imide groups is 1. The monoisotopic (exact) mass is 426 g/mol. The van der Waals surface area contributed by atoms with E-state index in [1.165, 1.54) is 24.9 Å². The smallest absolute Gasteiger partial charge is 0.257 e. The van der Waals surface area contributed by atoms with E-state index in [2.05, 4.69) is 15.5 Å². The van der Waals surface area contributed by atoms with E-state index in [0.717, 1.165) is 12.8 Å². The van der Waals surface area contributed by atoms with Crippen molar-refractivity contribution >= 4 is 23.6 Å². The molecule has 0 saturated heterocycles. The van der Waals surface area contributed by atoms with Gasteiger partial charge in [-0.25, -0.2) is 4.39 Å². The Kier molecular flexibility index (Phi) is 5.80. The average molecular weight is 426 g/mol. The zero-order valence-corrected chi connectivity index (χ0v) is 17.0. The highest BCUT2D eigenvalue weighted by Gasteiger charge is 2.31. The number of carbonyl (C=O) groups excluding carboxylic acids is 2. The molecule has 4 rings (SSSR count). The molecule has 1 aliphatic rings. The van der Waals surface area contributed by atoms with Crippen molar-refractivity contribution < 1.29 is 18.7 Å². The van der Waals surface area contributed by atoms with Crippen molar-refractivity contribution in [2.75, 3.05) is 12.9 Å². The van der Waals surface area contributed by atoms with Crippen molar-refractivity contribution in [3.8, 4) is 17.1 Å². The van der Waals surface area contributed by atoms with Crippen LogP contribution in [0.25, 0.3) is 11.4 Å². The molecule has 1 heterocycles. The fourth-order valence-electron chi connectivity index (χ4n) is 2.97. The summed E-state index contributed by atoms with van der Waals surface area (Å²) in [6, 6.07) is 13.1. The molecule has 1 aromatic heterocycles. The Morgan fingerprint density at radius 3 is 2.57 bits per heavy atom. The summed E-state index contributed by atoms with van der Waals surface area (Å²) in [5, 5.41) is 11.2. The van der Waals surface area contributed by atoms with Gasteiger partial charge in [-0.05, 0) is 49.2 Å². The maximum atomic E-state index is 14.2. The number of nitrogens with zero attached hydrogens (tertiary/aromatic N) is 3. The van der Waals surface area contributed by atoms with Crippen LogP contribution in [0, 0.1) is 5.82 Å². The van der Waals surface area contributed by atoms with E-state index >= 15 is 0 Å². The second kappa shape index (κ2) is 8.66. The maximum absolute atomic E-state index is 14.2. The van der Waals surface area contributed by atoms with Gasteiger partial charge in [-0.3, -0.25) is 19.5 Å². The molecule has 7 nitrogen and oxygen atoms in total. The highest BCUT2D eigenvalue weighted by atomic mass is 32.2. The van der Waals surface area contributed by atoms with Crippen LogP contribution >= 0.6 is 11.8 Å². The summed E-state index contributed by atoms with van der Waals surface area (Å²) < 4.78 is 21.1. The Labute approximate surface area is 176 Å². The van der Waals surface area contributed by atoms with Gasteiger partial charge >= 0.3 is 0 Å². The Morgan fingerprint density at radius 2 is 1.90 bits per heavy atom. The van der Waals surface area contributed by atoms with Gasteiger partial charge in [-0.15, -0.1) is 10.2 Å². The molecule has 30 heavy (non-hydrogen) atoms. The highest BCUT2D eigenvalue weighted by Crippen LogP contribution is 2.41. The first-order chi connectivity index (χ1) is 14.6. The predicted molar refractivity (Wildman–Crippen MR) is 110 cm³/mol. The van der Waals surface area contributed by atoms with Crippen molar-refractivity contribution in [3.63, 3.8) is 0 Å². The van der Waals surface area contributed by atoms with E-state index in [0.29, 0.717) is 27.9 Å². The predicted octanol–water partition coefficient (Wildman–Crippen LogP) is 3.48. The first-order valence-corrected chi connectivity index (χ1v) is 10.4. The van der Waals surface area contributed by atoms with E-state index in [9.17, 15) is 14.0 Å². The van der Waals surface area contributed by atoms with Crippen molar-refractivity contribution in [3.05, 3.63) is 59.9 Å². The molecule has 1 aliphatic carbocycles. The summed E-state index contributed by atoms with van der Waals surface area (Å²) in [4.78, 5) is 24.5. The van der Waals surface area contributed by atoms with E-state index in [4.69, 9.17) is 4.74 Å². The van der Waals surface area contributed by atoms with Gasteiger partial charge in [-0.2, -0.15) is 0 Å². The number of amides is 2. The third-order valence-corrected chi connectivity index (χ3v) is 5.57. The molecular formula is C21H19FN4O3S. The fraction of sp³-hybridized carbons (Fsp3) is 0.238. The van der Waals surface area contributed by atoms with Gasteiger partial charge in [0.05, 0.1) is 18.4 Å². The quantitative estimate of drug-likeness (QED) is 0.582. The van der Waals surface area contributed by atoms with Gasteiger partial charge in [-0.1, -0.05) is 23.9 Å². The second-order valence-corrected chi connectivity index (χ2v) is 7.72. The average Bonchev–Trinajstić information content (AvgIpc) is 3.52. The molecule has 0 radical (unpaired) electrons. The lowest BCUT2D eigenvalue weighted by molar-refractivity contribution is -0.117. The normalized spacial score (nSPS) is 13.1. The molecule has 2 aromatic carbocycles. The zero-order chi connectivity index (χ0) is 21.1. The molecular weight excluding hydrogens is 407 g/mol. The van der Waals surface area contributed by atoms with Gasteiger partial charge in [0.15, 0.2) is 11.0 Å². The van der Waals surface area contributed by atoms with Gasteiger partial charge in [0.2, 0.25) is 5.91 Å². The Hall–Kier alpha value is -3.20. The Balaban J connectivity index is 1.43. The summed E-state index contributed by atoms with van der Waals surface area (Å²) in [5.74, 6) is -0.237. The molecule has 9 heteroatoms. The number of thioether (sulfide) groups is 1. The van der Waals surface area contributed by atoms with E-state index in [1.54, 1.807) is 42.5 Å². The molecule has 0 bridgehead atoms. The minimum Gasteiger partial charge on any atom is -0.497 e. The lowest BCUT2D eigenvalue weighted by Gasteiger charge is -2.09. The molecule has 2 amide bonds. The lowest BCUT2D eigenvalue weighted by atomic mass is 10.2. The third kappa shape index (κ3) is 4.35. The van der Waals surface area contributed by atoms with Gasteiger partial charge in [0.1, 0.15) is 11.6 Å². The lowest BCUT2D eigenvalue weighted by Crippen LogP contribution is -2.31. The molecule has 1 fully saturated rings. The summed E-state index contributed by atoms with van der Waals surface area (Å²) in [7, 11) is 1.54. The third-order valence-electron chi connectivity index (χ3n) is 4.63. The summed E-state index contributed by atoms with van der Waals surface area (Å²) in [5.41, 5.74) is 0.736. The second-order valence-electron chi connectivity index (χ2n) is 6.78. The van der Waals surface area contributed by atoms with Crippen molar-refractivity contribution in [1.29, 1.82) is 0 Å². The number of carbonyl (C=O) groups is 2. The number of aromatic nitrogens is 3. The molecule has 0 spiro atoms. The van der Waals surface area contributed by atoms with Crippen LogP contribution in [0.1, 0.15) is 29.2 Å². The number of ether oxygens (including phenoxy) is 1. The molecule has 154 valence electrons. The molecule has 0 atom stereocenters. The SMILES string of the molecule is COc1ccc(C(=O)NC(=O)CSc2nnc(-c3ccccc3F)n2C2CC2)cc1. The number of benzene rings is 2. The minimum absolute atomic E-state index is 0.00990. The number of nitrogens with one attached hydrogen (secondary N) is 1. The highest BCUT2D eigenvalue weighted by molar-refractivity contribution is 7.99. The molecule has 1 saturated carbocycles. The van der Waals surface area contributed by atoms with Crippen LogP contribution in [0.4, 0.5) is 4.39 Å². The van der Waals surface area contributed by atoms with Crippen molar-refractivity contribution in [1.82, 2.24) is 20.1 Å². The van der Waals surface area contributed by atoms with E-state index in [-0.39, 0.29) is 17.6 Å². The van der Waals surface area contributed by atoms with Crippen LogP contribution in [0.15, 0.2) is 53.7 Å². The van der Waals surface area contributed by atoms with Crippen LogP contribution in [-0.2, 0) is 4.79 Å². The number of rotatable bonds is 7. The molecule has 0 unspecified atom stereocenters. The van der Waals surface area contributed by atoms with E-state index < -0.39 is 11.8 Å². The zero-order valence-electron chi connectivity index (χ0n) is 16.2. The largest absolute Gasteiger partial charge is 0.497 e. The van der Waals surface area contributed by atoms with Crippen LogP contribution in [0.3, 0.4) is 0 Å². The van der Waals surface area contributed by atoms with Crippen molar-refractivity contribution in [2.24, 2.45) is 0 Å². The van der Waals surface area contributed by atoms with Gasteiger partial charge < -0.3 is 4.74 Å². The number of halogens is 1. The van der Waals surface area contributed by atoms with Gasteiger partial charge in [0.25, 0.3) is 5.91 Å². The first-order valence-electron chi connectivity index (χ1n) is 9.37. The first kappa shape index (κ1) is 20.1. The number of methoxy groups -OCH3 is 1. The molecule has 1 N–H and O–H groups in total. The van der Waals surface area contributed by atoms with Crippen LogP contribution in [0.2, 0.25) is 0 Å². The minimum atomic E-state index is -0.487. The molecule has 3 aromatic rings.